The van der Waals surface area contributed by atoms with E-state index in [2.05, 4.69) is 12.2 Å². The van der Waals surface area contributed by atoms with E-state index < -0.39 is 6.04 Å². The number of alkyl halides is 1. The van der Waals surface area contributed by atoms with Crippen LogP contribution in [0.4, 0.5) is 0 Å². The van der Waals surface area contributed by atoms with Gasteiger partial charge >= 0.3 is 0 Å². The Balaban J connectivity index is 1.89. The molecule has 0 aliphatic heterocycles. The first-order valence-corrected chi connectivity index (χ1v) is 12.3. The van der Waals surface area contributed by atoms with Gasteiger partial charge in [-0.05, 0) is 54.5 Å². The number of carbonyl (C=O) groups is 2. The Hall–Kier alpha value is -1.75. The van der Waals surface area contributed by atoms with Crippen molar-refractivity contribution in [3.05, 3.63) is 69.7 Å². The lowest BCUT2D eigenvalue weighted by molar-refractivity contribution is -0.139. The maximum atomic E-state index is 13.6. The number of halogens is 3. The number of carbonyl (C=O) groups excluding carboxylic acids is 2. The van der Waals surface area contributed by atoms with Crippen LogP contribution >= 0.6 is 34.8 Å². The molecule has 1 N–H and O–H groups in total. The van der Waals surface area contributed by atoms with Crippen molar-refractivity contribution in [3.8, 4) is 0 Å². The van der Waals surface area contributed by atoms with Crippen molar-refractivity contribution in [2.24, 2.45) is 5.92 Å². The number of amides is 2. The van der Waals surface area contributed by atoms with Gasteiger partial charge in [-0.3, -0.25) is 9.59 Å². The summed E-state index contributed by atoms with van der Waals surface area (Å²) < 4.78 is 0. The van der Waals surface area contributed by atoms with Gasteiger partial charge in [0.1, 0.15) is 11.9 Å². The first kappa shape index (κ1) is 24.9. The van der Waals surface area contributed by atoms with E-state index in [0.717, 1.165) is 24.8 Å². The molecular formula is C25H29Cl3N2O2. The van der Waals surface area contributed by atoms with E-state index in [1.807, 2.05) is 24.3 Å². The maximum absolute atomic E-state index is 13.6. The van der Waals surface area contributed by atoms with Crippen LogP contribution in [0.15, 0.2) is 48.5 Å². The van der Waals surface area contributed by atoms with Crippen LogP contribution in [-0.4, -0.2) is 35.2 Å². The molecule has 2 aromatic carbocycles. The van der Waals surface area contributed by atoms with Gasteiger partial charge in [0.2, 0.25) is 11.8 Å². The number of hydrogen-bond acceptors (Lipinski definition) is 2. The molecule has 4 nitrogen and oxygen atoms in total. The van der Waals surface area contributed by atoms with Crippen molar-refractivity contribution >= 4 is 46.6 Å². The Morgan fingerprint density at radius 3 is 2.41 bits per heavy atom. The van der Waals surface area contributed by atoms with Gasteiger partial charge in [-0.1, -0.05) is 73.3 Å². The Morgan fingerprint density at radius 2 is 1.75 bits per heavy atom. The van der Waals surface area contributed by atoms with Crippen LogP contribution in [0.1, 0.15) is 49.8 Å². The van der Waals surface area contributed by atoms with Gasteiger partial charge in [-0.2, -0.15) is 0 Å². The van der Waals surface area contributed by atoms with E-state index in [0.29, 0.717) is 34.5 Å². The van der Waals surface area contributed by atoms with Gasteiger partial charge in [-0.15, -0.1) is 11.6 Å². The highest BCUT2D eigenvalue weighted by Gasteiger charge is 2.33. The zero-order chi connectivity index (χ0) is 23.1. The third-order valence-corrected chi connectivity index (χ3v) is 7.05. The van der Waals surface area contributed by atoms with E-state index in [4.69, 9.17) is 34.8 Å². The second-order valence-electron chi connectivity index (χ2n) is 8.39. The summed E-state index contributed by atoms with van der Waals surface area (Å²) in [5.74, 6) is -0.298. The van der Waals surface area contributed by atoms with E-state index in [-0.39, 0.29) is 23.7 Å². The lowest BCUT2D eigenvalue weighted by Gasteiger charge is -2.35. The molecule has 1 fully saturated rings. The minimum Gasteiger partial charge on any atom is -0.351 e. The summed E-state index contributed by atoms with van der Waals surface area (Å²) in [6, 6.07) is 13.9. The molecule has 2 aromatic rings. The van der Waals surface area contributed by atoms with Crippen molar-refractivity contribution in [3.63, 3.8) is 0 Å². The predicted molar refractivity (Wildman–Crippen MR) is 131 cm³/mol. The molecule has 0 radical (unpaired) electrons. The Morgan fingerprint density at radius 1 is 1.06 bits per heavy atom. The first-order valence-electron chi connectivity index (χ1n) is 11.1. The second-order valence-corrected chi connectivity index (χ2v) is 9.50. The average Bonchev–Trinajstić information content (AvgIpc) is 2.79. The number of benzene rings is 2. The molecule has 0 unspecified atom stereocenters. The van der Waals surface area contributed by atoms with Crippen LogP contribution in [0.3, 0.4) is 0 Å². The molecule has 1 aliphatic carbocycles. The number of hydrogen-bond donors (Lipinski definition) is 1. The lowest BCUT2D eigenvalue weighted by atomic mass is 9.85. The van der Waals surface area contributed by atoms with Gasteiger partial charge in [0.15, 0.2) is 0 Å². The topological polar surface area (TPSA) is 49.4 Å². The summed E-state index contributed by atoms with van der Waals surface area (Å²) in [6.07, 6.45) is 4.83. The van der Waals surface area contributed by atoms with Gasteiger partial charge < -0.3 is 10.2 Å². The Kier molecular flexibility index (Phi) is 9.27. The number of rotatable bonds is 8. The number of nitrogens with zero attached hydrogens (tertiary/aromatic N) is 1. The predicted octanol–water partition coefficient (Wildman–Crippen LogP) is 6.04. The third kappa shape index (κ3) is 6.40. The second kappa shape index (κ2) is 11.9. The van der Waals surface area contributed by atoms with Gasteiger partial charge in [-0.25, -0.2) is 0 Å². The maximum Gasteiger partial charge on any atom is 0.247 e. The molecule has 2 amide bonds. The fourth-order valence-corrected chi connectivity index (χ4v) is 4.84. The highest BCUT2D eigenvalue weighted by molar-refractivity contribution is 6.31. The molecule has 3 atom stereocenters. The van der Waals surface area contributed by atoms with Crippen molar-refractivity contribution < 1.29 is 9.59 Å². The smallest absolute Gasteiger partial charge is 0.247 e. The minimum absolute atomic E-state index is 0.0996. The number of nitrogens with one attached hydrogen (secondary N) is 1. The quantitative estimate of drug-likeness (QED) is 0.454. The fourth-order valence-electron chi connectivity index (χ4n) is 4.33. The van der Waals surface area contributed by atoms with Crippen LogP contribution in [0.2, 0.25) is 10.0 Å². The molecule has 0 spiro atoms. The van der Waals surface area contributed by atoms with Gasteiger partial charge in [0.05, 0.1) is 0 Å². The molecule has 0 saturated heterocycles. The minimum atomic E-state index is -0.796. The zero-order valence-electron chi connectivity index (χ0n) is 18.2. The molecule has 172 valence electrons. The van der Waals surface area contributed by atoms with Crippen LogP contribution in [0.5, 0.6) is 0 Å². The molecule has 32 heavy (non-hydrogen) atoms. The monoisotopic (exact) mass is 494 g/mol. The largest absolute Gasteiger partial charge is 0.351 e. The molecule has 0 heterocycles. The molecule has 7 heteroatoms. The van der Waals surface area contributed by atoms with Crippen LogP contribution in [-0.2, 0) is 16.0 Å². The fraction of sp³-hybridized carbons (Fsp3) is 0.440. The summed E-state index contributed by atoms with van der Waals surface area (Å²) in [4.78, 5) is 28.0. The third-order valence-electron chi connectivity index (χ3n) is 6.20. The van der Waals surface area contributed by atoms with Gasteiger partial charge in [0, 0.05) is 22.6 Å². The summed E-state index contributed by atoms with van der Waals surface area (Å²) in [5.41, 5.74) is 1.62. The summed E-state index contributed by atoms with van der Waals surface area (Å²) >= 11 is 18.4. The van der Waals surface area contributed by atoms with Gasteiger partial charge in [0.25, 0.3) is 0 Å². The van der Waals surface area contributed by atoms with Crippen molar-refractivity contribution in [1.82, 2.24) is 10.2 Å². The van der Waals surface area contributed by atoms with E-state index >= 15 is 0 Å². The van der Waals surface area contributed by atoms with E-state index in [9.17, 15) is 9.59 Å². The first-order chi connectivity index (χ1) is 15.4. The zero-order valence-corrected chi connectivity index (χ0v) is 20.5. The SMILES string of the molecule is C[C@@H]1CCCC[C@H]1NC(=O)[C@H](c1ccc(Cl)cc1)N(CCc1ccccc1Cl)C(=O)CCl. The summed E-state index contributed by atoms with van der Waals surface area (Å²) in [6.45, 7) is 2.48. The molecule has 0 aromatic heterocycles. The van der Waals surface area contributed by atoms with Crippen LogP contribution < -0.4 is 5.32 Å². The Labute approximate surface area is 205 Å². The average molecular weight is 496 g/mol. The molecule has 1 aliphatic rings. The van der Waals surface area contributed by atoms with Crippen molar-refractivity contribution in [1.29, 1.82) is 0 Å². The van der Waals surface area contributed by atoms with Crippen LogP contribution in [0, 0.1) is 5.92 Å². The van der Waals surface area contributed by atoms with E-state index in [1.165, 1.54) is 6.42 Å². The van der Waals surface area contributed by atoms with Crippen LogP contribution in [0.25, 0.3) is 0 Å². The normalized spacial score (nSPS) is 19.2. The molecular weight excluding hydrogens is 467 g/mol. The van der Waals surface area contributed by atoms with Crippen molar-refractivity contribution in [2.75, 3.05) is 12.4 Å². The molecule has 1 saturated carbocycles. The highest BCUT2D eigenvalue weighted by atomic mass is 35.5. The molecule has 3 rings (SSSR count). The summed E-state index contributed by atoms with van der Waals surface area (Å²) in [5, 5.41) is 4.42. The lowest BCUT2D eigenvalue weighted by Crippen LogP contribution is -2.49. The Bertz CT molecular complexity index is 920. The molecule has 0 bridgehead atoms. The highest BCUT2D eigenvalue weighted by Crippen LogP contribution is 2.28. The standard InChI is InChI=1S/C25H29Cl3N2O2/c1-17-6-2-5-9-22(17)29-25(32)24(19-10-12-20(27)13-11-19)30(23(31)16-26)15-14-18-7-3-4-8-21(18)28/h3-4,7-8,10-13,17,22,24H,2,5-6,9,14-16H2,1H3,(H,29,32)/t17-,22-,24+/m1/s1. The van der Waals surface area contributed by atoms with Crippen molar-refractivity contribution in [2.45, 2.75) is 51.1 Å². The summed E-state index contributed by atoms with van der Waals surface area (Å²) in [7, 11) is 0. The van der Waals surface area contributed by atoms with E-state index in [1.54, 1.807) is 29.2 Å².